The number of ether oxygens (including phenoxy) is 1. The molecule has 1 saturated heterocycles. The molecule has 2 rings (SSSR count). The Hall–Kier alpha value is -2.12. The minimum Gasteiger partial charge on any atom is -0.481 e. The molecule has 7 heteroatoms. The van der Waals surface area contributed by atoms with E-state index in [4.69, 9.17) is 9.84 Å². The minimum absolute atomic E-state index is 0.0111. The van der Waals surface area contributed by atoms with Gasteiger partial charge in [-0.05, 0) is 18.4 Å². The Balaban J connectivity index is 1.93. The van der Waals surface area contributed by atoms with Crippen LogP contribution in [0.25, 0.3) is 0 Å². The molecule has 1 aromatic carbocycles. The summed E-state index contributed by atoms with van der Waals surface area (Å²) in [5, 5.41) is 22.4. The van der Waals surface area contributed by atoms with Crippen molar-refractivity contribution in [3.8, 4) is 0 Å². The van der Waals surface area contributed by atoms with Gasteiger partial charge in [-0.25, -0.2) is 4.79 Å². The van der Waals surface area contributed by atoms with Crippen molar-refractivity contribution in [2.45, 2.75) is 43.7 Å². The monoisotopic (exact) mass is 364 g/mol. The highest BCUT2D eigenvalue weighted by atomic mass is 16.5. The van der Waals surface area contributed by atoms with E-state index in [2.05, 4.69) is 5.32 Å². The van der Waals surface area contributed by atoms with Gasteiger partial charge >= 0.3 is 12.0 Å². The summed E-state index contributed by atoms with van der Waals surface area (Å²) in [6, 6.07) is 9.06. The zero-order valence-electron chi connectivity index (χ0n) is 15.2. The van der Waals surface area contributed by atoms with Crippen LogP contribution in [0.5, 0.6) is 0 Å². The summed E-state index contributed by atoms with van der Waals surface area (Å²) in [5.41, 5.74) is 0.106. The summed E-state index contributed by atoms with van der Waals surface area (Å²) < 4.78 is 5.26. The third-order valence-electron chi connectivity index (χ3n) is 4.66. The first-order chi connectivity index (χ1) is 12.4. The highest BCUT2D eigenvalue weighted by Crippen LogP contribution is 2.21. The predicted molar refractivity (Wildman–Crippen MR) is 97.0 cm³/mol. The zero-order valence-corrected chi connectivity index (χ0v) is 15.2. The molecule has 0 aliphatic carbocycles. The number of nitrogens with zero attached hydrogens (tertiary/aromatic N) is 1. The van der Waals surface area contributed by atoms with Crippen molar-refractivity contribution in [2.24, 2.45) is 0 Å². The first-order valence-electron chi connectivity index (χ1n) is 8.95. The quantitative estimate of drug-likeness (QED) is 0.651. The fourth-order valence-corrected chi connectivity index (χ4v) is 3.13. The molecule has 1 aromatic rings. The Labute approximate surface area is 154 Å². The van der Waals surface area contributed by atoms with Crippen LogP contribution in [0.2, 0.25) is 0 Å². The number of hydrogen-bond acceptors (Lipinski definition) is 4. The maximum atomic E-state index is 12.5. The van der Waals surface area contributed by atoms with E-state index in [1.807, 2.05) is 30.3 Å². The molecule has 0 spiro atoms. The molecule has 1 aliphatic heterocycles. The first kappa shape index (κ1) is 20.2. The average molecular weight is 364 g/mol. The summed E-state index contributed by atoms with van der Waals surface area (Å²) in [6.07, 6.45) is 1.89. The smallest absolute Gasteiger partial charge is 0.317 e. The van der Waals surface area contributed by atoms with Crippen molar-refractivity contribution >= 4 is 12.0 Å². The molecule has 0 bridgehead atoms. The Morgan fingerprint density at radius 3 is 2.54 bits per heavy atom. The Morgan fingerprint density at radius 1 is 1.27 bits per heavy atom. The van der Waals surface area contributed by atoms with E-state index in [0.717, 1.165) is 5.56 Å². The van der Waals surface area contributed by atoms with Crippen LogP contribution in [0.3, 0.4) is 0 Å². The van der Waals surface area contributed by atoms with E-state index in [1.54, 1.807) is 7.05 Å². The number of aliphatic hydroxyl groups is 1. The summed E-state index contributed by atoms with van der Waals surface area (Å²) in [7, 11) is 1.64. The lowest BCUT2D eigenvalue weighted by molar-refractivity contribution is -0.137. The van der Waals surface area contributed by atoms with Gasteiger partial charge in [-0.3, -0.25) is 4.79 Å². The Kier molecular flexibility index (Phi) is 7.41. The van der Waals surface area contributed by atoms with Crippen LogP contribution in [0, 0.1) is 0 Å². The van der Waals surface area contributed by atoms with E-state index >= 15 is 0 Å². The summed E-state index contributed by atoms with van der Waals surface area (Å²) >= 11 is 0. The molecule has 1 atom stereocenters. The predicted octanol–water partition coefficient (Wildman–Crippen LogP) is 1.65. The van der Waals surface area contributed by atoms with Crippen LogP contribution < -0.4 is 5.32 Å². The number of aliphatic carboxylic acids is 1. The van der Waals surface area contributed by atoms with Gasteiger partial charge in [0.15, 0.2) is 0 Å². The highest BCUT2D eigenvalue weighted by Gasteiger charge is 2.32. The number of carbonyl (C=O) groups is 2. The molecule has 1 heterocycles. The van der Waals surface area contributed by atoms with Crippen LogP contribution in [0.15, 0.2) is 30.3 Å². The maximum Gasteiger partial charge on any atom is 0.317 e. The molecule has 7 nitrogen and oxygen atoms in total. The van der Waals surface area contributed by atoms with Crippen LogP contribution in [0.1, 0.15) is 31.2 Å². The standard InChI is InChI=1S/C19H28N2O5/c1-21(14-19(25)9-11-26-12-10-19)18(24)20-16(7-8-17(22)23)13-15-5-3-2-4-6-15/h2-6,16,25H,7-14H2,1H3,(H,20,24)(H,22,23). The topological polar surface area (TPSA) is 99.1 Å². The number of nitrogens with one attached hydrogen (secondary N) is 1. The second-order valence-electron chi connectivity index (χ2n) is 6.96. The summed E-state index contributed by atoms with van der Waals surface area (Å²) in [4.78, 5) is 24.9. The summed E-state index contributed by atoms with van der Waals surface area (Å²) in [6.45, 7) is 1.20. The van der Waals surface area contributed by atoms with E-state index in [0.29, 0.717) is 38.9 Å². The fraction of sp³-hybridized carbons (Fsp3) is 0.579. The number of carboxylic acids is 1. The molecule has 3 N–H and O–H groups in total. The number of carboxylic acid groups (broad SMARTS) is 1. The van der Waals surface area contributed by atoms with Gasteiger partial charge < -0.3 is 25.2 Å². The van der Waals surface area contributed by atoms with Gasteiger partial charge in [-0.1, -0.05) is 30.3 Å². The molecule has 0 radical (unpaired) electrons. The number of benzene rings is 1. The van der Waals surface area contributed by atoms with E-state index in [1.165, 1.54) is 4.90 Å². The number of hydrogen-bond donors (Lipinski definition) is 3. The van der Waals surface area contributed by atoms with Crippen LogP contribution in [-0.4, -0.2) is 65.6 Å². The zero-order chi connectivity index (χ0) is 19.0. The number of rotatable bonds is 8. The molecule has 0 aromatic heterocycles. The van der Waals surface area contributed by atoms with Crippen LogP contribution in [0.4, 0.5) is 4.79 Å². The van der Waals surface area contributed by atoms with E-state index < -0.39 is 11.6 Å². The van der Waals surface area contributed by atoms with E-state index in [-0.39, 0.29) is 25.0 Å². The second kappa shape index (κ2) is 9.54. The molecular weight excluding hydrogens is 336 g/mol. The lowest BCUT2D eigenvalue weighted by Gasteiger charge is -2.35. The number of likely N-dealkylation sites (N-methyl/N-ethyl adjacent to an activating group) is 1. The number of amides is 2. The molecule has 1 aliphatic rings. The Morgan fingerprint density at radius 2 is 1.92 bits per heavy atom. The molecule has 2 amide bonds. The van der Waals surface area contributed by atoms with Crippen molar-refractivity contribution in [3.05, 3.63) is 35.9 Å². The number of carbonyl (C=O) groups excluding carboxylic acids is 1. The molecule has 26 heavy (non-hydrogen) atoms. The molecular formula is C19H28N2O5. The highest BCUT2D eigenvalue weighted by molar-refractivity contribution is 5.74. The van der Waals surface area contributed by atoms with Gasteiger partial charge in [0.1, 0.15) is 0 Å². The third-order valence-corrected chi connectivity index (χ3v) is 4.66. The van der Waals surface area contributed by atoms with Crippen molar-refractivity contribution < 1.29 is 24.5 Å². The molecule has 1 fully saturated rings. The van der Waals surface area contributed by atoms with Gasteiger partial charge in [-0.15, -0.1) is 0 Å². The van der Waals surface area contributed by atoms with Crippen molar-refractivity contribution in [1.82, 2.24) is 10.2 Å². The maximum absolute atomic E-state index is 12.5. The van der Waals surface area contributed by atoms with Gasteiger partial charge in [0.2, 0.25) is 0 Å². The normalized spacial score (nSPS) is 17.3. The SMILES string of the molecule is CN(CC1(O)CCOCC1)C(=O)NC(CCC(=O)O)Cc1ccccc1. The van der Waals surface area contributed by atoms with Crippen molar-refractivity contribution in [1.29, 1.82) is 0 Å². The van der Waals surface area contributed by atoms with Crippen molar-refractivity contribution in [3.63, 3.8) is 0 Å². The summed E-state index contributed by atoms with van der Waals surface area (Å²) in [5.74, 6) is -0.887. The van der Waals surface area contributed by atoms with Gasteiger partial charge in [0.05, 0.1) is 12.1 Å². The van der Waals surface area contributed by atoms with Crippen LogP contribution in [-0.2, 0) is 16.0 Å². The van der Waals surface area contributed by atoms with Crippen molar-refractivity contribution in [2.75, 3.05) is 26.8 Å². The Bertz CT molecular complexity index is 587. The van der Waals surface area contributed by atoms with Gasteiger partial charge in [-0.2, -0.15) is 0 Å². The van der Waals surface area contributed by atoms with Gasteiger partial charge in [0.25, 0.3) is 0 Å². The second-order valence-corrected chi connectivity index (χ2v) is 6.96. The first-order valence-corrected chi connectivity index (χ1v) is 8.95. The molecule has 0 saturated carbocycles. The largest absolute Gasteiger partial charge is 0.481 e. The van der Waals surface area contributed by atoms with Crippen LogP contribution >= 0.6 is 0 Å². The lowest BCUT2D eigenvalue weighted by atomic mass is 9.94. The lowest BCUT2D eigenvalue weighted by Crippen LogP contribution is -2.51. The molecule has 144 valence electrons. The fourth-order valence-electron chi connectivity index (χ4n) is 3.13. The number of urea groups is 1. The average Bonchev–Trinajstić information content (AvgIpc) is 2.60. The van der Waals surface area contributed by atoms with E-state index in [9.17, 15) is 14.7 Å². The third kappa shape index (κ3) is 6.65. The van der Waals surface area contributed by atoms with Gasteiger partial charge in [0, 0.05) is 45.6 Å². The minimum atomic E-state index is -0.930. The molecule has 1 unspecified atom stereocenters.